The highest BCUT2D eigenvalue weighted by atomic mass is 31.2. The number of hydrogen-bond donors (Lipinski definition) is 0. The summed E-state index contributed by atoms with van der Waals surface area (Å²) in [4.78, 5) is 21.5. The summed E-state index contributed by atoms with van der Waals surface area (Å²) in [5.74, 6) is -0.899. The van der Waals surface area contributed by atoms with Crippen molar-refractivity contribution in [3.63, 3.8) is 0 Å². The van der Waals surface area contributed by atoms with E-state index < -0.39 is 13.1 Å². The van der Waals surface area contributed by atoms with Gasteiger partial charge in [-0.2, -0.15) is 0 Å². The van der Waals surface area contributed by atoms with Crippen LogP contribution in [0.3, 0.4) is 0 Å². The zero-order valence-corrected chi connectivity index (χ0v) is 8.39. The molecule has 0 unspecified atom stereocenters. The van der Waals surface area contributed by atoms with Gasteiger partial charge in [0.25, 0.3) is 0 Å². The van der Waals surface area contributed by atoms with Crippen molar-refractivity contribution in [2.75, 3.05) is 26.6 Å². The molecule has 0 radical (unpaired) electrons. The second-order valence-corrected chi connectivity index (χ2v) is 6.49. The van der Waals surface area contributed by atoms with Crippen LogP contribution in [0.2, 0.25) is 0 Å². The highest BCUT2D eigenvalue weighted by Gasteiger charge is 2.16. The predicted molar refractivity (Wildman–Crippen MR) is 46.0 cm³/mol. The molecule has 4 nitrogen and oxygen atoms in total. The molecular weight excluding hydrogens is 179 g/mol. The van der Waals surface area contributed by atoms with Gasteiger partial charge in [-0.3, -0.25) is 9.59 Å². The number of Topliss-reactive ketones (excluding diaryl/α,β-unsaturated/α-hetero) is 1. The Balaban J connectivity index is 3.92. The van der Waals surface area contributed by atoms with Crippen molar-refractivity contribution in [3.05, 3.63) is 0 Å². The predicted octanol–water partition coefficient (Wildman–Crippen LogP) is 0.741. The lowest BCUT2D eigenvalue weighted by molar-refractivity contribution is -0.142. The fraction of sp³-hybridized carbons (Fsp3) is 0.714. The van der Waals surface area contributed by atoms with E-state index in [1.165, 1.54) is 20.4 Å². The summed E-state index contributed by atoms with van der Waals surface area (Å²) >= 11 is 0. The number of rotatable bonds is 4. The molecule has 0 aromatic heterocycles. The van der Waals surface area contributed by atoms with Crippen LogP contribution in [0.1, 0.15) is 6.42 Å². The molecule has 70 valence electrons. The van der Waals surface area contributed by atoms with Gasteiger partial charge in [0.05, 0.1) is 20.4 Å². The van der Waals surface area contributed by atoms with E-state index >= 15 is 0 Å². The van der Waals surface area contributed by atoms with Gasteiger partial charge in [-0.15, -0.1) is 0 Å². The number of ether oxygens (including phenoxy) is 1. The highest BCUT2D eigenvalue weighted by Crippen LogP contribution is 2.35. The Morgan fingerprint density at radius 1 is 1.33 bits per heavy atom. The Bertz CT molecular complexity index is 228. The summed E-state index contributed by atoms with van der Waals surface area (Å²) in [5.41, 5.74) is 0. The lowest BCUT2D eigenvalue weighted by Crippen LogP contribution is -2.12. The molecule has 0 saturated carbocycles. The van der Waals surface area contributed by atoms with Crippen molar-refractivity contribution in [2.24, 2.45) is 0 Å². The van der Waals surface area contributed by atoms with Crippen LogP contribution in [0.25, 0.3) is 0 Å². The molecule has 0 N–H and O–H groups in total. The number of methoxy groups -OCH3 is 1. The first-order valence-corrected chi connectivity index (χ1v) is 6.26. The van der Waals surface area contributed by atoms with Crippen molar-refractivity contribution in [1.82, 2.24) is 0 Å². The Kier molecular flexibility index (Phi) is 4.18. The molecule has 0 fully saturated rings. The van der Waals surface area contributed by atoms with E-state index in [1.807, 2.05) is 0 Å². The Morgan fingerprint density at radius 2 is 1.83 bits per heavy atom. The van der Waals surface area contributed by atoms with E-state index in [9.17, 15) is 14.2 Å². The zero-order chi connectivity index (χ0) is 9.78. The van der Waals surface area contributed by atoms with Gasteiger partial charge in [0, 0.05) is 0 Å². The van der Waals surface area contributed by atoms with E-state index in [0.717, 1.165) is 0 Å². The third-order valence-corrected chi connectivity index (χ3v) is 2.24. The minimum Gasteiger partial charge on any atom is -0.469 e. The largest absolute Gasteiger partial charge is 0.469 e. The number of carbonyl (C=O) groups is 2. The number of ketones is 1. The monoisotopic (exact) mass is 192 g/mol. The van der Waals surface area contributed by atoms with Crippen LogP contribution in [-0.4, -0.2) is 38.4 Å². The summed E-state index contributed by atoms with van der Waals surface area (Å²) in [6.07, 6.45) is -0.301. The molecule has 0 aromatic carbocycles. The molecule has 0 heterocycles. The second-order valence-electron chi connectivity index (χ2n) is 3.02. The lowest BCUT2D eigenvalue weighted by Gasteiger charge is -2.03. The SMILES string of the molecule is COC(=O)CC(=O)CP(C)(C)=O. The fourth-order valence-corrected chi connectivity index (χ4v) is 1.67. The van der Waals surface area contributed by atoms with Crippen molar-refractivity contribution < 1.29 is 18.9 Å². The normalized spacial score (nSPS) is 10.9. The van der Waals surface area contributed by atoms with Crippen LogP contribution in [-0.2, 0) is 18.9 Å². The average molecular weight is 192 g/mol. The van der Waals surface area contributed by atoms with Gasteiger partial charge >= 0.3 is 5.97 Å². The molecule has 0 bridgehead atoms. The molecule has 12 heavy (non-hydrogen) atoms. The molecule has 0 aromatic rings. The first-order valence-electron chi connectivity index (χ1n) is 3.47. The second kappa shape index (κ2) is 4.41. The van der Waals surface area contributed by atoms with E-state index in [0.29, 0.717) is 0 Å². The van der Waals surface area contributed by atoms with Gasteiger partial charge in [-0.05, 0) is 13.3 Å². The van der Waals surface area contributed by atoms with Crippen LogP contribution < -0.4 is 0 Å². The molecule has 5 heteroatoms. The third-order valence-electron chi connectivity index (χ3n) is 1.13. The molecular formula is C7H13O4P. The zero-order valence-electron chi connectivity index (χ0n) is 7.49. The van der Waals surface area contributed by atoms with Crippen LogP contribution in [0.15, 0.2) is 0 Å². The molecule has 0 aliphatic carbocycles. The van der Waals surface area contributed by atoms with Crippen molar-refractivity contribution >= 4 is 18.9 Å². The average Bonchev–Trinajstić information content (AvgIpc) is 1.82. The third kappa shape index (κ3) is 6.10. The maximum Gasteiger partial charge on any atom is 0.313 e. The standard InChI is InChI=1S/C7H13O4P/c1-11-7(9)4-6(8)5-12(2,3)10/h4-5H2,1-3H3. The van der Waals surface area contributed by atoms with Crippen molar-refractivity contribution in [2.45, 2.75) is 6.42 Å². The molecule has 0 aliphatic heterocycles. The number of hydrogen-bond acceptors (Lipinski definition) is 4. The van der Waals surface area contributed by atoms with Gasteiger partial charge in [-0.25, -0.2) is 0 Å². The fourth-order valence-electron chi connectivity index (χ4n) is 0.714. The Hall–Kier alpha value is -0.630. The van der Waals surface area contributed by atoms with E-state index in [4.69, 9.17) is 0 Å². The molecule has 0 rings (SSSR count). The Morgan fingerprint density at radius 3 is 2.17 bits per heavy atom. The maximum absolute atomic E-state index is 11.1. The van der Waals surface area contributed by atoms with E-state index in [-0.39, 0.29) is 18.4 Å². The summed E-state index contributed by atoms with van der Waals surface area (Å²) in [6.45, 7) is 3.03. The summed E-state index contributed by atoms with van der Waals surface area (Å²) in [5, 5.41) is 0. The minimum atomic E-state index is -2.35. The van der Waals surface area contributed by atoms with Gasteiger partial charge in [0.1, 0.15) is 6.42 Å². The minimum absolute atomic E-state index is 0.0257. The quantitative estimate of drug-likeness (QED) is 0.374. The first-order chi connectivity index (χ1) is 5.35. The van der Waals surface area contributed by atoms with E-state index in [1.54, 1.807) is 0 Å². The molecule has 0 saturated heterocycles. The summed E-state index contributed by atoms with van der Waals surface area (Å²) < 4.78 is 15.4. The molecule has 0 aliphatic rings. The Labute approximate surface area is 71.7 Å². The maximum atomic E-state index is 11.1. The van der Waals surface area contributed by atoms with Crippen molar-refractivity contribution in [3.8, 4) is 0 Å². The van der Waals surface area contributed by atoms with Crippen LogP contribution in [0.4, 0.5) is 0 Å². The van der Waals surface area contributed by atoms with Crippen molar-refractivity contribution in [1.29, 1.82) is 0 Å². The summed E-state index contributed by atoms with van der Waals surface area (Å²) in [6, 6.07) is 0. The van der Waals surface area contributed by atoms with Crippen LogP contribution >= 0.6 is 7.14 Å². The highest BCUT2D eigenvalue weighted by molar-refractivity contribution is 7.63. The topological polar surface area (TPSA) is 60.4 Å². The van der Waals surface area contributed by atoms with Gasteiger partial charge in [-0.1, -0.05) is 0 Å². The van der Waals surface area contributed by atoms with E-state index in [2.05, 4.69) is 4.74 Å². The number of esters is 1. The molecule has 0 amide bonds. The number of carbonyl (C=O) groups excluding carboxylic acids is 2. The van der Waals surface area contributed by atoms with Crippen LogP contribution in [0.5, 0.6) is 0 Å². The van der Waals surface area contributed by atoms with Gasteiger partial charge < -0.3 is 9.30 Å². The summed E-state index contributed by atoms with van der Waals surface area (Å²) in [7, 11) is -1.13. The van der Waals surface area contributed by atoms with Gasteiger partial charge in [0.2, 0.25) is 0 Å². The first kappa shape index (κ1) is 11.4. The van der Waals surface area contributed by atoms with Gasteiger partial charge in [0.15, 0.2) is 5.78 Å². The smallest absolute Gasteiger partial charge is 0.313 e. The molecule has 0 spiro atoms. The lowest BCUT2D eigenvalue weighted by atomic mass is 10.3. The van der Waals surface area contributed by atoms with Crippen LogP contribution in [0, 0.1) is 0 Å². The molecule has 0 atom stereocenters.